The predicted octanol–water partition coefficient (Wildman–Crippen LogP) is 4.71. The van der Waals surface area contributed by atoms with Gasteiger partial charge < -0.3 is 15.4 Å². The maximum absolute atomic E-state index is 13.0. The van der Waals surface area contributed by atoms with Crippen LogP contribution >= 0.6 is 0 Å². The van der Waals surface area contributed by atoms with Crippen LogP contribution in [-0.4, -0.2) is 31.6 Å². The maximum atomic E-state index is 13.0. The number of likely N-dealkylation sites (N-methyl/N-ethyl adjacent to an activating group) is 1. The summed E-state index contributed by atoms with van der Waals surface area (Å²) in [6.45, 7) is 0.428. The largest absolute Gasteiger partial charge is 0.497 e. The van der Waals surface area contributed by atoms with Crippen molar-refractivity contribution in [1.82, 2.24) is 15.6 Å². The minimum atomic E-state index is -4.40. The van der Waals surface area contributed by atoms with E-state index in [2.05, 4.69) is 15.6 Å². The third-order valence-electron chi connectivity index (χ3n) is 5.41. The molecule has 5 nitrogen and oxygen atoms in total. The monoisotopic (exact) mass is 457 g/mol. The lowest BCUT2D eigenvalue weighted by Gasteiger charge is -2.22. The van der Waals surface area contributed by atoms with Crippen molar-refractivity contribution in [2.45, 2.75) is 24.6 Å². The number of benzene rings is 2. The van der Waals surface area contributed by atoms with E-state index in [1.54, 1.807) is 32.5 Å². The molecule has 0 fully saturated rings. The number of aromatic nitrogens is 1. The van der Waals surface area contributed by atoms with Crippen LogP contribution in [0.15, 0.2) is 72.9 Å². The van der Waals surface area contributed by atoms with Gasteiger partial charge in [-0.25, -0.2) is 0 Å². The Balaban J connectivity index is 1.84. The molecule has 0 unspecified atom stereocenters. The van der Waals surface area contributed by atoms with Gasteiger partial charge in [-0.05, 0) is 42.3 Å². The first kappa shape index (κ1) is 24.3. The van der Waals surface area contributed by atoms with Crippen LogP contribution in [0.3, 0.4) is 0 Å². The average Bonchev–Trinajstić information content (AvgIpc) is 2.84. The van der Waals surface area contributed by atoms with Crippen molar-refractivity contribution in [3.05, 3.63) is 95.3 Å². The zero-order chi connectivity index (χ0) is 23.8. The minimum absolute atomic E-state index is 0.174. The van der Waals surface area contributed by atoms with Crippen molar-refractivity contribution in [2.75, 3.05) is 20.7 Å². The quantitative estimate of drug-likeness (QED) is 0.489. The van der Waals surface area contributed by atoms with Gasteiger partial charge in [-0.15, -0.1) is 0 Å². The second kappa shape index (κ2) is 11.0. The zero-order valence-corrected chi connectivity index (χ0v) is 18.4. The number of hydrogen-bond acceptors (Lipinski definition) is 4. The highest BCUT2D eigenvalue weighted by Crippen LogP contribution is 2.33. The van der Waals surface area contributed by atoms with Crippen LogP contribution < -0.4 is 15.4 Å². The third-order valence-corrected chi connectivity index (χ3v) is 5.41. The van der Waals surface area contributed by atoms with Crippen molar-refractivity contribution in [3.8, 4) is 5.75 Å². The number of amides is 1. The molecule has 1 amide bonds. The molecule has 0 aliphatic rings. The van der Waals surface area contributed by atoms with E-state index in [4.69, 9.17) is 4.74 Å². The zero-order valence-electron chi connectivity index (χ0n) is 18.4. The Morgan fingerprint density at radius 1 is 1.03 bits per heavy atom. The molecular formula is C25H26F3N3O2. The normalized spacial score (nSPS) is 13.2. The van der Waals surface area contributed by atoms with Gasteiger partial charge in [0.2, 0.25) is 5.91 Å². The molecule has 0 saturated carbocycles. The maximum Gasteiger partial charge on any atom is 0.416 e. The summed E-state index contributed by atoms with van der Waals surface area (Å²) in [6, 6.07) is 17.4. The van der Waals surface area contributed by atoms with Gasteiger partial charge >= 0.3 is 6.18 Å². The first-order valence-electron chi connectivity index (χ1n) is 10.5. The van der Waals surface area contributed by atoms with Crippen LogP contribution in [0.5, 0.6) is 5.75 Å². The number of carbonyl (C=O) groups excluding carboxylic acids is 1. The van der Waals surface area contributed by atoms with Gasteiger partial charge in [-0.2, -0.15) is 13.2 Å². The molecule has 0 radical (unpaired) electrons. The number of methoxy groups -OCH3 is 1. The summed E-state index contributed by atoms with van der Waals surface area (Å²) in [4.78, 5) is 16.9. The SMILES string of the molecule is CNC(=O)[C@H](NCC[C@H](c1ccc(C(F)(F)F)cc1)c1cc(OC)ccn1)c1ccccc1. The molecule has 2 aromatic carbocycles. The smallest absolute Gasteiger partial charge is 0.416 e. The number of alkyl halides is 3. The highest BCUT2D eigenvalue weighted by molar-refractivity contribution is 5.82. The Morgan fingerprint density at radius 2 is 1.73 bits per heavy atom. The fourth-order valence-electron chi connectivity index (χ4n) is 3.66. The predicted molar refractivity (Wildman–Crippen MR) is 120 cm³/mol. The Labute approximate surface area is 191 Å². The van der Waals surface area contributed by atoms with E-state index in [1.807, 2.05) is 30.3 Å². The standard InChI is InChI=1S/C25H26F3N3O2/c1-29-24(32)23(18-6-4-3-5-7-18)31-15-13-21(22-16-20(33-2)12-14-30-22)17-8-10-19(11-9-17)25(26,27)28/h3-12,14,16,21,23,31H,13,15H2,1-2H3,(H,29,32)/t21-,23-/m1/s1. The highest BCUT2D eigenvalue weighted by Gasteiger charge is 2.30. The van der Waals surface area contributed by atoms with E-state index in [0.29, 0.717) is 30.0 Å². The van der Waals surface area contributed by atoms with Crippen molar-refractivity contribution in [3.63, 3.8) is 0 Å². The Hall–Kier alpha value is -3.39. The molecule has 0 spiro atoms. The topological polar surface area (TPSA) is 63.2 Å². The molecule has 2 atom stereocenters. The van der Waals surface area contributed by atoms with Crippen molar-refractivity contribution in [2.24, 2.45) is 0 Å². The minimum Gasteiger partial charge on any atom is -0.497 e. The molecule has 8 heteroatoms. The van der Waals surface area contributed by atoms with Crippen LogP contribution in [0.1, 0.15) is 40.8 Å². The second-order valence-corrected chi connectivity index (χ2v) is 7.49. The number of nitrogens with one attached hydrogen (secondary N) is 2. The fourth-order valence-corrected chi connectivity index (χ4v) is 3.66. The van der Waals surface area contributed by atoms with Crippen LogP contribution in [0.2, 0.25) is 0 Å². The molecular weight excluding hydrogens is 431 g/mol. The number of nitrogens with zero attached hydrogens (tertiary/aromatic N) is 1. The molecule has 174 valence electrons. The Morgan fingerprint density at radius 3 is 2.33 bits per heavy atom. The van der Waals surface area contributed by atoms with Crippen LogP contribution in [-0.2, 0) is 11.0 Å². The van der Waals surface area contributed by atoms with Crippen LogP contribution in [0.4, 0.5) is 13.2 Å². The van der Waals surface area contributed by atoms with Gasteiger partial charge in [0.15, 0.2) is 0 Å². The second-order valence-electron chi connectivity index (χ2n) is 7.49. The first-order valence-corrected chi connectivity index (χ1v) is 10.5. The van der Waals surface area contributed by atoms with Crippen LogP contribution in [0.25, 0.3) is 0 Å². The Kier molecular flexibility index (Phi) is 8.06. The van der Waals surface area contributed by atoms with E-state index in [1.165, 1.54) is 12.1 Å². The summed E-state index contributed by atoms with van der Waals surface area (Å²) in [7, 11) is 3.12. The van der Waals surface area contributed by atoms with E-state index < -0.39 is 17.8 Å². The molecule has 2 N–H and O–H groups in total. The first-order chi connectivity index (χ1) is 15.8. The molecule has 3 aromatic rings. The summed E-state index contributed by atoms with van der Waals surface area (Å²) in [5.74, 6) is 0.139. The lowest BCUT2D eigenvalue weighted by Crippen LogP contribution is -2.36. The van der Waals surface area contributed by atoms with Gasteiger partial charge in [0.25, 0.3) is 0 Å². The molecule has 0 saturated heterocycles. The Bertz CT molecular complexity index is 1040. The van der Waals surface area contributed by atoms with Gasteiger partial charge in [-0.1, -0.05) is 42.5 Å². The molecule has 0 aliphatic heterocycles. The highest BCUT2D eigenvalue weighted by atomic mass is 19.4. The van der Waals surface area contributed by atoms with Gasteiger partial charge in [-0.3, -0.25) is 9.78 Å². The molecule has 3 rings (SSSR count). The molecule has 33 heavy (non-hydrogen) atoms. The molecule has 0 bridgehead atoms. The van der Waals surface area contributed by atoms with E-state index >= 15 is 0 Å². The van der Waals surface area contributed by atoms with Gasteiger partial charge in [0.05, 0.1) is 18.4 Å². The van der Waals surface area contributed by atoms with Crippen molar-refractivity contribution >= 4 is 5.91 Å². The lowest BCUT2D eigenvalue weighted by atomic mass is 9.91. The number of ether oxygens (including phenoxy) is 1. The molecule has 0 aliphatic carbocycles. The van der Waals surface area contributed by atoms with Gasteiger partial charge in [0, 0.05) is 25.2 Å². The average molecular weight is 457 g/mol. The van der Waals surface area contributed by atoms with Crippen molar-refractivity contribution in [1.29, 1.82) is 0 Å². The fraction of sp³-hybridized carbons (Fsp3) is 0.280. The summed E-state index contributed by atoms with van der Waals surface area (Å²) < 4.78 is 44.4. The van der Waals surface area contributed by atoms with E-state index in [0.717, 1.165) is 17.7 Å². The number of halogens is 3. The third kappa shape index (κ3) is 6.32. The van der Waals surface area contributed by atoms with Gasteiger partial charge in [0.1, 0.15) is 11.8 Å². The molecule has 1 heterocycles. The van der Waals surface area contributed by atoms with Crippen molar-refractivity contribution < 1.29 is 22.7 Å². The summed E-state index contributed by atoms with van der Waals surface area (Å²) >= 11 is 0. The van der Waals surface area contributed by atoms with E-state index in [-0.39, 0.29) is 11.8 Å². The van der Waals surface area contributed by atoms with E-state index in [9.17, 15) is 18.0 Å². The summed E-state index contributed by atoms with van der Waals surface area (Å²) in [5, 5.41) is 5.93. The summed E-state index contributed by atoms with van der Waals surface area (Å²) in [5.41, 5.74) is 1.49. The number of carbonyl (C=O) groups is 1. The number of hydrogen-bond donors (Lipinski definition) is 2. The lowest BCUT2D eigenvalue weighted by molar-refractivity contribution is -0.137. The van der Waals surface area contributed by atoms with Crippen LogP contribution in [0, 0.1) is 0 Å². The number of pyridine rings is 1. The molecule has 1 aromatic heterocycles. The summed E-state index contributed by atoms with van der Waals surface area (Å²) in [6.07, 6.45) is -2.29. The number of rotatable bonds is 9.